The van der Waals surface area contributed by atoms with E-state index in [-0.39, 0.29) is 50.6 Å². The van der Waals surface area contributed by atoms with Gasteiger partial charge in [0.2, 0.25) is 5.95 Å². The molecule has 188 valence electrons. The van der Waals surface area contributed by atoms with Crippen molar-refractivity contribution >= 4 is 12.0 Å². The van der Waals surface area contributed by atoms with Crippen molar-refractivity contribution in [1.29, 1.82) is 5.26 Å². The number of halogens is 6. The molecular formula is C20H18F6N6O3. The van der Waals surface area contributed by atoms with Gasteiger partial charge >= 0.3 is 18.4 Å². The van der Waals surface area contributed by atoms with Gasteiger partial charge in [0.25, 0.3) is 5.56 Å². The normalized spacial score (nSPS) is 16.7. The highest BCUT2D eigenvalue weighted by Crippen LogP contribution is 2.29. The highest BCUT2D eigenvalue weighted by Gasteiger charge is 2.35. The minimum Gasteiger partial charge on any atom is -0.449 e. The van der Waals surface area contributed by atoms with Crippen LogP contribution in [-0.4, -0.2) is 58.2 Å². The van der Waals surface area contributed by atoms with Crippen LogP contribution in [-0.2, 0) is 23.5 Å². The molecule has 2 aromatic rings. The van der Waals surface area contributed by atoms with Crippen molar-refractivity contribution in [2.45, 2.75) is 31.2 Å². The second-order valence-corrected chi connectivity index (χ2v) is 7.54. The zero-order chi connectivity index (χ0) is 25.8. The number of H-pyrrole nitrogens is 1. The van der Waals surface area contributed by atoms with Gasteiger partial charge in [-0.25, -0.2) is 14.8 Å². The molecule has 0 aromatic carbocycles. The predicted octanol–water partition coefficient (Wildman–Crippen LogP) is 2.99. The zero-order valence-electron chi connectivity index (χ0n) is 17.9. The second-order valence-electron chi connectivity index (χ2n) is 7.54. The monoisotopic (exact) mass is 504 g/mol. The molecule has 0 spiro atoms. The average Bonchev–Trinajstić information content (AvgIpc) is 2.79. The fraction of sp³-hybridized carbons (Fsp3) is 0.450. The van der Waals surface area contributed by atoms with E-state index >= 15 is 0 Å². The van der Waals surface area contributed by atoms with Gasteiger partial charge in [-0.1, -0.05) is 0 Å². The van der Waals surface area contributed by atoms with Crippen LogP contribution in [0.15, 0.2) is 29.5 Å². The van der Waals surface area contributed by atoms with Crippen LogP contribution in [0.3, 0.4) is 0 Å². The first-order chi connectivity index (χ1) is 16.4. The topological polar surface area (TPSA) is 115 Å². The number of nitrogens with zero attached hydrogens (tertiary/aromatic N) is 5. The summed E-state index contributed by atoms with van der Waals surface area (Å²) in [6.07, 6.45) is -8.07. The number of hydrogen-bond donors (Lipinski definition) is 1. The van der Waals surface area contributed by atoms with Crippen LogP contribution in [0.25, 0.3) is 0 Å². The first-order valence-corrected chi connectivity index (χ1v) is 10.1. The Morgan fingerprint density at radius 3 is 2.46 bits per heavy atom. The molecule has 1 saturated heterocycles. The number of carbonyl (C=O) groups excluding carboxylic acids is 1. The Bertz CT molecular complexity index is 1140. The number of anilines is 1. The number of piperazine rings is 1. The van der Waals surface area contributed by atoms with Gasteiger partial charge in [-0.2, -0.15) is 31.6 Å². The Labute approximate surface area is 193 Å². The third-order valence-electron chi connectivity index (χ3n) is 5.18. The molecule has 1 N–H and O–H groups in total. The van der Waals surface area contributed by atoms with Crippen molar-refractivity contribution in [2.24, 2.45) is 0 Å². The van der Waals surface area contributed by atoms with E-state index in [2.05, 4.69) is 9.97 Å². The smallest absolute Gasteiger partial charge is 0.421 e. The van der Waals surface area contributed by atoms with E-state index in [9.17, 15) is 35.9 Å². The standard InChI is InChI=1S/C20H18F6N6O3/c21-19(22,23)13-9-29-17(30-10-13)31-4-5-32(14(11-31)1-3-27)18(34)35-6-2-12-7-15(20(24,25)26)16(33)28-8-12/h7-10,14H,1-2,4-6,11H2,(H,28,33). The number of alkyl halides is 6. The maximum Gasteiger partial charge on any atom is 0.421 e. The van der Waals surface area contributed by atoms with Crippen molar-refractivity contribution in [3.8, 4) is 6.07 Å². The molecule has 15 heteroatoms. The largest absolute Gasteiger partial charge is 0.449 e. The van der Waals surface area contributed by atoms with Gasteiger partial charge in [-0.3, -0.25) is 4.79 Å². The lowest BCUT2D eigenvalue weighted by Gasteiger charge is -2.39. The van der Waals surface area contributed by atoms with Gasteiger partial charge in [0, 0.05) is 44.6 Å². The molecule has 1 fully saturated rings. The Kier molecular flexibility index (Phi) is 7.51. The second kappa shape index (κ2) is 10.2. The zero-order valence-corrected chi connectivity index (χ0v) is 17.9. The molecule has 1 amide bonds. The molecule has 35 heavy (non-hydrogen) atoms. The number of nitriles is 1. The number of aromatic nitrogens is 3. The number of pyridine rings is 1. The quantitative estimate of drug-likeness (QED) is 0.623. The van der Waals surface area contributed by atoms with Gasteiger partial charge in [0.15, 0.2) is 0 Å². The SMILES string of the molecule is N#CCC1CN(c2ncc(C(F)(F)F)cn2)CCN1C(=O)OCCc1c[nH]c(=O)c(C(F)(F)F)c1. The Morgan fingerprint density at radius 2 is 1.86 bits per heavy atom. The van der Waals surface area contributed by atoms with Crippen molar-refractivity contribution in [3.63, 3.8) is 0 Å². The maximum atomic E-state index is 12.9. The number of carbonyl (C=O) groups is 1. The van der Waals surface area contributed by atoms with Gasteiger partial charge < -0.3 is 19.5 Å². The first-order valence-electron chi connectivity index (χ1n) is 10.1. The van der Waals surface area contributed by atoms with Crippen LogP contribution in [0, 0.1) is 11.3 Å². The molecule has 2 aromatic heterocycles. The van der Waals surface area contributed by atoms with E-state index in [0.29, 0.717) is 18.5 Å². The number of ether oxygens (including phenoxy) is 1. The third kappa shape index (κ3) is 6.40. The molecule has 0 aliphatic carbocycles. The Hall–Kier alpha value is -3.83. The lowest BCUT2D eigenvalue weighted by atomic mass is 10.1. The van der Waals surface area contributed by atoms with Crippen LogP contribution < -0.4 is 10.5 Å². The van der Waals surface area contributed by atoms with Crippen molar-refractivity contribution in [2.75, 3.05) is 31.1 Å². The summed E-state index contributed by atoms with van der Waals surface area (Å²) in [5.74, 6) is 0.00694. The van der Waals surface area contributed by atoms with E-state index in [4.69, 9.17) is 10.00 Å². The number of hydrogen-bond acceptors (Lipinski definition) is 7. The van der Waals surface area contributed by atoms with E-state index in [1.165, 1.54) is 9.80 Å². The highest BCUT2D eigenvalue weighted by atomic mass is 19.4. The highest BCUT2D eigenvalue weighted by molar-refractivity contribution is 5.68. The van der Waals surface area contributed by atoms with Gasteiger partial charge in [-0.15, -0.1) is 0 Å². The Morgan fingerprint density at radius 1 is 1.17 bits per heavy atom. The summed E-state index contributed by atoms with van der Waals surface area (Å²) < 4.78 is 81.9. The minimum absolute atomic E-state index is 0.00694. The number of rotatable bonds is 5. The van der Waals surface area contributed by atoms with Gasteiger partial charge in [0.05, 0.1) is 30.7 Å². The van der Waals surface area contributed by atoms with Crippen molar-refractivity contribution in [3.05, 3.63) is 51.7 Å². The molecule has 0 bridgehead atoms. The fourth-order valence-electron chi connectivity index (χ4n) is 3.41. The molecule has 3 heterocycles. The minimum atomic E-state index is -4.83. The van der Waals surface area contributed by atoms with E-state index in [1.54, 1.807) is 0 Å². The van der Waals surface area contributed by atoms with Crippen molar-refractivity contribution < 1.29 is 35.9 Å². The van der Waals surface area contributed by atoms with E-state index in [0.717, 1.165) is 6.20 Å². The summed E-state index contributed by atoms with van der Waals surface area (Å²) >= 11 is 0. The van der Waals surface area contributed by atoms with Gasteiger partial charge in [0.1, 0.15) is 5.56 Å². The average molecular weight is 504 g/mol. The van der Waals surface area contributed by atoms with E-state index in [1.807, 2.05) is 11.1 Å². The summed E-state index contributed by atoms with van der Waals surface area (Å²) in [4.78, 5) is 36.1. The number of nitrogens with one attached hydrogen (secondary N) is 1. The predicted molar refractivity (Wildman–Crippen MR) is 107 cm³/mol. The van der Waals surface area contributed by atoms with Crippen LogP contribution in [0.2, 0.25) is 0 Å². The fourth-order valence-corrected chi connectivity index (χ4v) is 3.41. The van der Waals surface area contributed by atoms with E-state index < -0.39 is 41.2 Å². The van der Waals surface area contributed by atoms with Crippen LogP contribution in [0.5, 0.6) is 0 Å². The summed E-state index contributed by atoms with van der Waals surface area (Å²) in [6.45, 7) is -0.0315. The van der Waals surface area contributed by atoms with Crippen LogP contribution in [0.1, 0.15) is 23.1 Å². The molecule has 1 aliphatic heterocycles. The number of amides is 1. The molecule has 1 unspecified atom stereocenters. The summed E-state index contributed by atoms with van der Waals surface area (Å²) in [7, 11) is 0. The van der Waals surface area contributed by atoms with Crippen LogP contribution >= 0.6 is 0 Å². The maximum absolute atomic E-state index is 12.9. The molecule has 0 radical (unpaired) electrons. The van der Waals surface area contributed by atoms with Gasteiger partial charge in [-0.05, 0) is 11.6 Å². The Balaban J connectivity index is 1.60. The third-order valence-corrected chi connectivity index (χ3v) is 5.18. The molecule has 3 rings (SSSR count). The summed E-state index contributed by atoms with van der Waals surface area (Å²) in [5.41, 5.74) is -3.56. The van der Waals surface area contributed by atoms with Crippen LogP contribution in [0.4, 0.5) is 37.1 Å². The molecule has 9 nitrogen and oxygen atoms in total. The van der Waals surface area contributed by atoms with Crippen molar-refractivity contribution in [1.82, 2.24) is 19.9 Å². The molecule has 1 aliphatic rings. The first kappa shape index (κ1) is 25.8. The number of aromatic amines is 1. The molecular weight excluding hydrogens is 486 g/mol. The lowest BCUT2D eigenvalue weighted by Crippen LogP contribution is -2.55. The molecule has 0 saturated carbocycles. The summed E-state index contributed by atoms with van der Waals surface area (Å²) in [6, 6.07) is 1.92. The summed E-state index contributed by atoms with van der Waals surface area (Å²) in [5, 5.41) is 9.12. The molecule has 1 atom stereocenters. The lowest BCUT2D eigenvalue weighted by molar-refractivity contribution is -0.139.